The summed E-state index contributed by atoms with van der Waals surface area (Å²) in [6.07, 6.45) is -0.219. The van der Waals surface area contributed by atoms with E-state index in [4.69, 9.17) is 5.26 Å². The van der Waals surface area contributed by atoms with E-state index in [1.54, 1.807) is 24.3 Å². The van der Waals surface area contributed by atoms with Crippen molar-refractivity contribution < 1.29 is 9.59 Å². The van der Waals surface area contributed by atoms with Crippen LogP contribution in [0, 0.1) is 17.2 Å². The number of amides is 2. The van der Waals surface area contributed by atoms with Gasteiger partial charge in [-0.3, -0.25) is 9.59 Å². The predicted octanol–water partition coefficient (Wildman–Crippen LogP) is 1.66. The number of nitriles is 1. The molecule has 0 aliphatic rings. The zero-order valence-electron chi connectivity index (χ0n) is 11.1. The zero-order valence-corrected chi connectivity index (χ0v) is 11.1. The lowest BCUT2D eigenvalue weighted by Gasteiger charge is -2.08. The molecule has 2 amide bonds. The van der Waals surface area contributed by atoms with E-state index < -0.39 is 5.91 Å². The van der Waals surface area contributed by atoms with E-state index in [1.807, 2.05) is 19.9 Å². The number of hydrogen-bond acceptors (Lipinski definition) is 3. The number of nitrogens with one attached hydrogen (secondary N) is 2. The third-order valence-corrected chi connectivity index (χ3v) is 2.30. The molecule has 0 fully saturated rings. The Hall–Kier alpha value is -2.35. The Morgan fingerprint density at radius 3 is 2.68 bits per heavy atom. The van der Waals surface area contributed by atoms with Crippen molar-refractivity contribution in [3.05, 3.63) is 29.8 Å². The van der Waals surface area contributed by atoms with Crippen LogP contribution in [0.3, 0.4) is 0 Å². The van der Waals surface area contributed by atoms with Gasteiger partial charge in [-0.1, -0.05) is 19.9 Å². The number of nitrogens with zero attached hydrogens (tertiary/aromatic N) is 1. The first-order valence-corrected chi connectivity index (χ1v) is 6.08. The Morgan fingerprint density at radius 1 is 1.32 bits per heavy atom. The molecule has 0 aliphatic carbocycles. The van der Waals surface area contributed by atoms with Gasteiger partial charge in [0.1, 0.15) is 6.42 Å². The summed E-state index contributed by atoms with van der Waals surface area (Å²) in [5.74, 6) is -0.349. The molecule has 19 heavy (non-hydrogen) atoms. The third-order valence-electron chi connectivity index (χ3n) is 2.30. The van der Waals surface area contributed by atoms with Gasteiger partial charge in [-0.05, 0) is 24.1 Å². The second kappa shape index (κ2) is 7.17. The Labute approximate surface area is 112 Å². The van der Waals surface area contributed by atoms with Gasteiger partial charge in [0.25, 0.3) is 0 Å². The number of carbonyl (C=O) groups is 2. The van der Waals surface area contributed by atoms with Crippen molar-refractivity contribution in [2.45, 2.75) is 20.3 Å². The van der Waals surface area contributed by atoms with Crippen LogP contribution in [-0.4, -0.2) is 18.4 Å². The fourth-order valence-electron chi connectivity index (χ4n) is 1.40. The summed E-state index contributed by atoms with van der Waals surface area (Å²) in [7, 11) is 0. The van der Waals surface area contributed by atoms with Crippen LogP contribution in [-0.2, 0) is 9.59 Å². The summed E-state index contributed by atoms with van der Waals surface area (Å²) in [6.45, 7) is 4.51. The summed E-state index contributed by atoms with van der Waals surface area (Å²) in [5, 5.41) is 14.0. The van der Waals surface area contributed by atoms with Gasteiger partial charge >= 0.3 is 0 Å². The van der Waals surface area contributed by atoms with Crippen molar-refractivity contribution in [3.63, 3.8) is 0 Å². The molecule has 1 rings (SSSR count). The first kappa shape index (κ1) is 14.7. The molecule has 0 saturated carbocycles. The zero-order chi connectivity index (χ0) is 14.3. The highest BCUT2D eigenvalue weighted by atomic mass is 16.2. The molecule has 1 aromatic carbocycles. The minimum Gasteiger partial charge on any atom is -0.355 e. The maximum atomic E-state index is 11.6. The summed E-state index contributed by atoms with van der Waals surface area (Å²) in [6, 6.07) is 8.53. The van der Waals surface area contributed by atoms with E-state index >= 15 is 0 Å². The van der Waals surface area contributed by atoms with Crippen molar-refractivity contribution >= 4 is 17.5 Å². The van der Waals surface area contributed by atoms with Crippen LogP contribution in [0.2, 0.25) is 0 Å². The SMILES string of the molecule is CC(C)CNC(=O)CC(=O)Nc1cccc(C#N)c1. The van der Waals surface area contributed by atoms with E-state index in [0.29, 0.717) is 23.7 Å². The first-order valence-electron chi connectivity index (χ1n) is 6.08. The molecular weight excluding hydrogens is 242 g/mol. The van der Waals surface area contributed by atoms with Gasteiger partial charge in [0.15, 0.2) is 0 Å². The molecule has 100 valence electrons. The molecule has 0 aliphatic heterocycles. The van der Waals surface area contributed by atoms with Crippen LogP contribution >= 0.6 is 0 Å². The molecule has 0 atom stereocenters. The Balaban J connectivity index is 2.47. The van der Waals surface area contributed by atoms with Gasteiger partial charge in [-0.25, -0.2) is 0 Å². The molecule has 0 bridgehead atoms. The molecule has 0 heterocycles. The number of benzene rings is 1. The third kappa shape index (κ3) is 5.68. The molecule has 0 radical (unpaired) electrons. The maximum Gasteiger partial charge on any atom is 0.233 e. The summed E-state index contributed by atoms with van der Waals surface area (Å²) in [5.41, 5.74) is 0.975. The number of carbonyl (C=O) groups excluding carboxylic acids is 2. The van der Waals surface area contributed by atoms with Crippen LogP contribution in [0.1, 0.15) is 25.8 Å². The molecule has 0 aromatic heterocycles. The number of hydrogen-bond donors (Lipinski definition) is 2. The van der Waals surface area contributed by atoms with Gasteiger partial charge < -0.3 is 10.6 Å². The van der Waals surface area contributed by atoms with Crippen molar-refractivity contribution in [1.29, 1.82) is 5.26 Å². The normalized spacial score (nSPS) is 9.79. The van der Waals surface area contributed by atoms with Crippen LogP contribution in [0.15, 0.2) is 24.3 Å². The molecule has 0 saturated heterocycles. The molecule has 2 N–H and O–H groups in total. The molecular formula is C14H17N3O2. The topological polar surface area (TPSA) is 82.0 Å². The second-order valence-electron chi connectivity index (χ2n) is 4.62. The minimum absolute atomic E-state index is 0.219. The van der Waals surface area contributed by atoms with Gasteiger partial charge in [0, 0.05) is 12.2 Å². The van der Waals surface area contributed by atoms with Gasteiger partial charge in [0.2, 0.25) is 11.8 Å². The molecule has 5 heteroatoms. The van der Waals surface area contributed by atoms with E-state index in [2.05, 4.69) is 10.6 Å². The maximum absolute atomic E-state index is 11.6. The smallest absolute Gasteiger partial charge is 0.233 e. The first-order chi connectivity index (χ1) is 9.01. The van der Waals surface area contributed by atoms with E-state index in [0.717, 1.165) is 0 Å². The van der Waals surface area contributed by atoms with Crippen LogP contribution in [0.4, 0.5) is 5.69 Å². The minimum atomic E-state index is -0.392. The highest BCUT2D eigenvalue weighted by Crippen LogP contribution is 2.09. The summed E-state index contributed by atoms with van der Waals surface area (Å²) < 4.78 is 0. The van der Waals surface area contributed by atoms with Crippen LogP contribution in [0.25, 0.3) is 0 Å². The summed E-state index contributed by atoms with van der Waals surface area (Å²) in [4.78, 5) is 23.1. The average Bonchev–Trinajstić information content (AvgIpc) is 2.36. The molecule has 1 aromatic rings. The fourth-order valence-corrected chi connectivity index (χ4v) is 1.40. The number of rotatable bonds is 5. The fraction of sp³-hybridized carbons (Fsp3) is 0.357. The van der Waals surface area contributed by atoms with E-state index in [-0.39, 0.29) is 12.3 Å². The lowest BCUT2D eigenvalue weighted by molar-refractivity contribution is -0.126. The van der Waals surface area contributed by atoms with Gasteiger partial charge in [-0.15, -0.1) is 0 Å². The predicted molar refractivity (Wildman–Crippen MR) is 72.3 cm³/mol. The Morgan fingerprint density at radius 2 is 2.05 bits per heavy atom. The Kier molecular flexibility index (Phi) is 5.55. The second-order valence-corrected chi connectivity index (χ2v) is 4.62. The van der Waals surface area contributed by atoms with Crippen molar-refractivity contribution in [2.24, 2.45) is 5.92 Å². The Bertz CT molecular complexity index is 504. The van der Waals surface area contributed by atoms with Crippen molar-refractivity contribution in [3.8, 4) is 6.07 Å². The molecule has 0 spiro atoms. The van der Waals surface area contributed by atoms with Crippen molar-refractivity contribution in [1.82, 2.24) is 5.32 Å². The molecule has 5 nitrogen and oxygen atoms in total. The number of anilines is 1. The standard InChI is InChI=1S/C14H17N3O2/c1-10(2)9-16-13(18)7-14(19)17-12-5-3-4-11(6-12)8-15/h3-6,10H,7,9H2,1-2H3,(H,16,18)(H,17,19). The molecule has 0 unspecified atom stereocenters. The quantitative estimate of drug-likeness (QED) is 0.789. The highest BCUT2D eigenvalue weighted by molar-refractivity contribution is 6.03. The largest absolute Gasteiger partial charge is 0.355 e. The average molecular weight is 259 g/mol. The lowest BCUT2D eigenvalue weighted by Crippen LogP contribution is -2.30. The monoisotopic (exact) mass is 259 g/mol. The van der Waals surface area contributed by atoms with Crippen LogP contribution in [0.5, 0.6) is 0 Å². The van der Waals surface area contributed by atoms with E-state index in [1.165, 1.54) is 0 Å². The lowest BCUT2D eigenvalue weighted by atomic mass is 10.2. The van der Waals surface area contributed by atoms with Crippen molar-refractivity contribution in [2.75, 3.05) is 11.9 Å². The van der Waals surface area contributed by atoms with Gasteiger partial charge in [-0.2, -0.15) is 5.26 Å². The highest BCUT2D eigenvalue weighted by Gasteiger charge is 2.09. The summed E-state index contributed by atoms with van der Waals surface area (Å²) >= 11 is 0. The van der Waals surface area contributed by atoms with E-state index in [9.17, 15) is 9.59 Å². The van der Waals surface area contributed by atoms with Gasteiger partial charge in [0.05, 0.1) is 11.6 Å². The van der Waals surface area contributed by atoms with Crippen LogP contribution < -0.4 is 10.6 Å².